The minimum atomic E-state index is -0.710. The van der Waals surface area contributed by atoms with Gasteiger partial charge < -0.3 is 14.8 Å². The number of benzene rings is 2. The number of ether oxygens (including phenoxy) is 2. The van der Waals surface area contributed by atoms with Gasteiger partial charge in [0.25, 0.3) is 5.91 Å². The summed E-state index contributed by atoms with van der Waals surface area (Å²) in [6.07, 6.45) is -0.710. The first kappa shape index (κ1) is 16.8. The molecule has 1 atom stereocenters. The summed E-state index contributed by atoms with van der Waals surface area (Å²) < 4.78 is 10.2. The van der Waals surface area contributed by atoms with Crippen LogP contribution >= 0.6 is 11.6 Å². The molecule has 0 saturated heterocycles. The largest absolute Gasteiger partial charge is 0.481 e. The average Bonchev–Trinajstić information content (AvgIpc) is 2.54. The van der Waals surface area contributed by atoms with Gasteiger partial charge in [-0.05, 0) is 49.4 Å². The van der Waals surface area contributed by atoms with Crippen LogP contribution in [0.3, 0.4) is 0 Å². The first-order chi connectivity index (χ1) is 11.0. The van der Waals surface area contributed by atoms with E-state index in [0.29, 0.717) is 22.0 Å². The third kappa shape index (κ3) is 4.72. The fourth-order valence-corrected chi connectivity index (χ4v) is 2.05. The predicted molar refractivity (Wildman–Crippen MR) is 88.0 cm³/mol. The Bertz CT molecular complexity index is 700. The van der Waals surface area contributed by atoms with E-state index in [0.717, 1.165) is 0 Å². The Hall–Kier alpha value is -2.53. The van der Waals surface area contributed by atoms with Gasteiger partial charge in [0.15, 0.2) is 6.10 Å². The highest BCUT2D eigenvalue weighted by molar-refractivity contribution is 6.30. The zero-order valence-corrected chi connectivity index (χ0v) is 13.5. The molecule has 0 aliphatic heterocycles. The molecule has 0 fully saturated rings. The number of hydrogen-bond acceptors (Lipinski definition) is 4. The minimum Gasteiger partial charge on any atom is -0.481 e. The summed E-state index contributed by atoms with van der Waals surface area (Å²) in [4.78, 5) is 23.4. The van der Waals surface area contributed by atoms with Crippen LogP contribution in [0.1, 0.15) is 17.3 Å². The van der Waals surface area contributed by atoms with E-state index in [1.165, 1.54) is 7.11 Å². The van der Waals surface area contributed by atoms with Crippen LogP contribution in [0.15, 0.2) is 48.5 Å². The van der Waals surface area contributed by atoms with Crippen molar-refractivity contribution in [1.29, 1.82) is 0 Å². The lowest BCUT2D eigenvalue weighted by atomic mass is 10.2. The van der Waals surface area contributed by atoms with Crippen LogP contribution < -0.4 is 10.1 Å². The zero-order chi connectivity index (χ0) is 16.8. The van der Waals surface area contributed by atoms with E-state index in [9.17, 15) is 9.59 Å². The molecule has 0 radical (unpaired) electrons. The number of halogens is 1. The Balaban J connectivity index is 1.96. The standard InChI is InChI=1S/C17H16ClNO4/c1-11(16(20)19-14-5-3-4-13(18)10-14)23-15-8-6-12(7-9-15)17(21)22-2/h3-11H,1-2H3,(H,19,20)/t11-/m0/s1. The van der Waals surface area contributed by atoms with Gasteiger partial charge in [-0.1, -0.05) is 17.7 Å². The maximum Gasteiger partial charge on any atom is 0.337 e. The van der Waals surface area contributed by atoms with Gasteiger partial charge in [-0.2, -0.15) is 0 Å². The number of nitrogens with one attached hydrogen (secondary N) is 1. The summed E-state index contributed by atoms with van der Waals surface area (Å²) in [5.74, 6) is -0.251. The molecular formula is C17H16ClNO4. The van der Waals surface area contributed by atoms with E-state index in [4.69, 9.17) is 16.3 Å². The third-order valence-corrected chi connectivity index (χ3v) is 3.28. The van der Waals surface area contributed by atoms with Gasteiger partial charge in [-0.3, -0.25) is 4.79 Å². The van der Waals surface area contributed by atoms with Gasteiger partial charge >= 0.3 is 5.97 Å². The lowest BCUT2D eigenvalue weighted by Gasteiger charge is -2.15. The van der Waals surface area contributed by atoms with E-state index < -0.39 is 12.1 Å². The number of methoxy groups -OCH3 is 1. The molecule has 2 rings (SSSR count). The zero-order valence-electron chi connectivity index (χ0n) is 12.7. The minimum absolute atomic E-state index is 0.302. The Labute approximate surface area is 139 Å². The van der Waals surface area contributed by atoms with Crippen LogP contribution in [0.25, 0.3) is 0 Å². The molecule has 5 nitrogen and oxygen atoms in total. The van der Waals surface area contributed by atoms with Crippen molar-refractivity contribution in [3.63, 3.8) is 0 Å². The highest BCUT2D eigenvalue weighted by Crippen LogP contribution is 2.17. The third-order valence-electron chi connectivity index (χ3n) is 3.05. The number of hydrogen-bond donors (Lipinski definition) is 1. The van der Waals surface area contributed by atoms with Gasteiger partial charge in [-0.25, -0.2) is 4.79 Å². The fourth-order valence-electron chi connectivity index (χ4n) is 1.86. The van der Waals surface area contributed by atoms with Crippen molar-refractivity contribution in [2.75, 3.05) is 12.4 Å². The van der Waals surface area contributed by atoms with Gasteiger partial charge in [0.1, 0.15) is 5.75 Å². The van der Waals surface area contributed by atoms with Crippen molar-refractivity contribution < 1.29 is 19.1 Å². The Morgan fingerprint density at radius 2 is 1.83 bits per heavy atom. The molecule has 0 aromatic heterocycles. The highest BCUT2D eigenvalue weighted by atomic mass is 35.5. The number of esters is 1. The summed E-state index contributed by atoms with van der Waals surface area (Å²) >= 11 is 5.87. The van der Waals surface area contributed by atoms with Crippen molar-refractivity contribution >= 4 is 29.2 Å². The molecule has 1 amide bonds. The van der Waals surface area contributed by atoms with Crippen LogP contribution in [-0.4, -0.2) is 25.1 Å². The molecule has 0 bridgehead atoms. The molecule has 2 aromatic rings. The molecular weight excluding hydrogens is 318 g/mol. The molecule has 23 heavy (non-hydrogen) atoms. The van der Waals surface area contributed by atoms with E-state index in [2.05, 4.69) is 10.1 Å². The lowest BCUT2D eigenvalue weighted by Crippen LogP contribution is -2.30. The normalized spacial score (nSPS) is 11.4. The van der Waals surface area contributed by atoms with E-state index in [1.807, 2.05) is 0 Å². The average molecular weight is 334 g/mol. The Morgan fingerprint density at radius 3 is 2.43 bits per heavy atom. The molecule has 0 unspecified atom stereocenters. The summed E-state index contributed by atoms with van der Waals surface area (Å²) in [7, 11) is 1.31. The molecule has 6 heteroatoms. The molecule has 120 valence electrons. The molecule has 0 aliphatic rings. The summed E-state index contributed by atoms with van der Waals surface area (Å²) in [6.45, 7) is 1.63. The van der Waals surface area contributed by atoms with Crippen LogP contribution in [0, 0.1) is 0 Å². The Morgan fingerprint density at radius 1 is 1.13 bits per heavy atom. The van der Waals surface area contributed by atoms with Crippen LogP contribution in [-0.2, 0) is 9.53 Å². The molecule has 1 N–H and O–H groups in total. The van der Waals surface area contributed by atoms with Crippen molar-refractivity contribution in [2.24, 2.45) is 0 Å². The number of carbonyl (C=O) groups is 2. The maximum absolute atomic E-state index is 12.1. The number of amides is 1. The van der Waals surface area contributed by atoms with Crippen LogP contribution in [0.5, 0.6) is 5.75 Å². The van der Waals surface area contributed by atoms with E-state index >= 15 is 0 Å². The first-order valence-corrected chi connectivity index (χ1v) is 7.29. The Kier molecular flexibility index (Phi) is 5.60. The van der Waals surface area contributed by atoms with Crippen molar-refractivity contribution in [2.45, 2.75) is 13.0 Å². The van der Waals surface area contributed by atoms with Gasteiger partial charge in [0.05, 0.1) is 12.7 Å². The summed E-state index contributed by atoms with van der Waals surface area (Å²) in [5.41, 5.74) is 1.01. The lowest BCUT2D eigenvalue weighted by molar-refractivity contribution is -0.122. The monoisotopic (exact) mass is 333 g/mol. The second-order valence-corrected chi connectivity index (χ2v) is 5.21. The second-order valence-electron chi connectivity index (χ2n) is 4.78. The van der Waals surface area contributed by atoms with Gasteiger partial charge in [0.2, 0.25) is 0 Å². The molecule has 0 spiro atoms. The summed E-state index contributed by atoms with van der Waals surface area (Å²) in [5, 5.41) is 3.26. The van der Waals surface area contributed by atoms with Crippen molar-refractivity contribution in [3.05, 3.63) is 59.1 Å². The van der Waals surface area contributed by atoms with E-state index in [1.54, 1.807) is 55.5 Å². The molecule has 0 heterocycles. The van der Waals surface area contributed by atoms with Crippen LogP contribution in [0.4, 0.5) is 5.69 Å². The quantitative estimate of drug-likeness (QED) is 0.850. The molecule has 0 aliphatic carbocycles. The van der Waals surface area contributed by atoms with Crippen molar-refractivity contribution in [1.82, 2.24) is 0 Å². The topological polar surface area (TPSA) is 64.6 Å². The summed E-state index contributed by atoms with van der Waals surface area (Å²) in [6, 6.07) is 13.2. The second kappa shape index (κ2) is 7.65. The molecule has 2 aromatic carbocycles. The number of anilines is 1. The first-order valence-electron chi connectivity index (χ1n) is 6.91. The van der Waals surface area contributed by atoms with Crippen molar-refractivity contribution in [3.8, 4) is 5.75 Å². The number of carbonyl (C=O) groups excluding carboxylic acids is 2. The predicted octanol–water partition coefficient (Wildman–Crippen LogP) is 3.53. The number of rotatable bonds is 5. The maximum atomic E-state index is 12.1. The van der Waals surface area contributed by atoms with E-state index in [-0.39, 0.29) is 5.91 Å². The van der Waals surface area contributed by atoms with Gasteiger partial charge in [0, 0.05) is 10.7 Å². The smallest absolute Gasteiger partial charge is 0.337 e. The fraction of sp³-hybridized carbons (Fsp3) is 0.176. The molecule has 0 saturated carbocycles. The SMILES string of the molecule is COC(=O)c1ccc(O[C@@H](C)C(=O)Nc2cccc(Cl)c2)cc1. The van der Waals surface area contributed by atoms with Gasteiger partial charge in [-0.15, -0.1) is 0 Å². The van der Waals surface area contributed by atoms with Crippen LogP contribution in [0.2, 0.25) is 5.02 Å². The highest BCUT2D eigenvalue weighted by Gasteiger charge is 2.15.